The number of hydrogen-bond donors (Lipinski definition) is 1. The van der Waals surface area contributed by atoms with Gasteiger partial charge >= 0.3 is 5.97 Å². The number of aromatic nitrogens is 2. The maximum atomic E-state index is 11.1. The summed E-state index contributed by atoms with van der Waals surface area (Å²) >= 11 is 0. The maximum absolute atomic E-state index is 11.1. The summed E-state index contributed by atoms with van der Waals surface area (Å²) in [6, 6.07) is 4.12. The van der Waals surface area contributed by atoms with Crippen molar-refractivity contribution in [1.82, 2.24) is 9.97 Å². The quantitative estimate of drug-likeness (QED) is 0.900. The molecule has 0 spiro atoms. The summed E-state index contributed by atoms with van der Waals surface area (Å²) in [4.78, 5) is 22.0. The molecule has 7 nitrogen and oxygen atoms in total. The monoisotopic (exact) mass is 357 g/mol. The van der Waals surface area contributed by atoms with Gasteiger partial charge in [0.25, 0.3) is 0 Å². The van der Waals surface area contributed by atoms with E-state index in [0.29, 0.717) is 12.8 Å². The molecule has 7 heteroatoms. The van der Waals surface area contributed by atoms with E-state index in [1.165, 1.54) is 0 Å². The summed E-state index contributed by atoms with van der Waals surface area (Å²) in [5.41, 5.74) is 1.94. The predicted octanol–water partition coefficient (Wildman–Crippen LogP) is 2.49. The number of nitrogens with zero attached hydrogens (tertiary/aromatic N) is 3. The van der Waals surface area contributed by atoms with Gasteiger partial charge in [-0.25, -0.2) is 9.97 Å². The molecule has 2 aliphatic rings. The number of carbonyl (C=O) groups is 1. The van der Waals surface area contributed by atoms with E-state index in [0.717, 1.165) is 61.5 Å². The number of anilines is 1. The van der Waals surface area contributed by atoms with Gasteiger partial charge in [-0.1, -0.05) is 0 Å². The molecule has 26 heavy (non-hydrogen) atoms. The van der Waals surface area contributed by atoms with Crippen molar-refractivity contribution in [3.8, 4) is 5.75 Å². The van der Waals surface area contributed by atoms with Gasteiger partial charge in [0.2, 0.25) is 0 Å². The van der Waals surface area contributed by atoms with Gasteiger partial charge in [0, 0.05) is 31.0 Å². The molecular weight excluding hydrogens is 334 g/mol. The molecule has 1 N–H and O–H groups in total. The van der Waals surface area contributed by atoms with Crippen LogP contribution in [0.5, 0.6) is 5.75 Å². The number of ether oxygens (including phenoxy) is 2. The highest BCUT2D eigenvalue weighted by molar-refractivity contribution is 5.88. The van der Waals surface area contributed by atoms with E-state index in [2.05, 4.69) is 27.0 Å². The molecule has 0 bridgehead atoms. The normalized spacial score (nSPS) is 23.8. The number of rotatable bonds is 4. The van der Waals surface area contributed by atoms with Crippen LogP contribution >= 0.6 is 0 Å². The first-order chi connectivity index (χ1) is 12.7. The van der Waals surface area contributed by atoms with Crippen molar-refractivity contribution in [2.75, 3.05) is 31.2 Å². The lowest BCUT2D eigenvalue weighted by atomic mass is 9.87. The zero-order chi connectivity index (χ0) is 17.9. The largest absolute Gasteiger partial charge is 0.490 e. The van der Waals surface area contributed by atoms with Gasteiger partial charge in [0.15, 0.2) is 0 Å². The number of carboxylic acids is 1. The van der Waals surface area contributed by atoms with Gasteiger partial charge in [-0.15, -0.1) is 0 Å². The van der Waals surface area contributed by atoms with Crippen LogP contribution in [0.15, 0.2) is 24.7 Å². The summed E-state index contributed by atoms with van der Waals surface area (Å²) < 4.78 is 11.7. The SMILES string of the molecule is O=C(O)C1CCC(Oc2cc(N3CCOCC3)cc3ncncc23)CC1. The van der Waals surface area contributed by atoms with Crippen LogP contribution in [-0.2, 0) is 9.53 Å². The minimum Gasteiger partial charge on any atom is -0.490 e. The molecule has 2 aromatic rings. The standard InChI is InChI=1S/C19H23N3O4/c23-19(24)13-1-3-15(4-2-13)26-18-10-14(22-5-7-25-8-6-22)9-17-16(18)11-20-12-21-17/h9-13,15H,1-8H2,(H,23,24). The molecule has 0 unspecified atom stereocenters. The average molecular weight is 357 g/mol. The lowest BCUT2D eigenvalue weighted by molar-refractivity contribution is -0.143. The van der Waals surface area contributed by atoms with Crippen molar-refractivity contribution >= 4 is 22.6 Å². The van der Waals surface area contributed by atoms with Crippen LogP contribution in [0.4, 0.5) is 5.69 Å². The Bertz CT molecular complexity index is 783. The van der Waals surface area contributed by atoms with Crippen LogP contribution in [0, 0.1) is 5.92 Å². The van der Waals surface area contributed by atoms with E-state index in [4.69, 9.17) is 14.6 Å². The number of aliphatic carboxylic acids is 1. The first-order valence-electron chi connectivity index (χ1n) is 9.16. The van der Waals surface area contributed by atoms with Crippen LogP contribution in [0.25, 0.3) is 10.9 Å². The molecule has 1 aromatic heterocycles. The Kier molecular flexibility index (Phi) is 4.88. The second-order valence-electron chi connectivity index (χ2n) is 6.93. The van der Waals surface area contributed by atoms with Gasteiger partial charge in [0.05, 0.1) is 36.1 Å². The number of morpholine rings is 1. The van der Waals surface area contributed by atoms with Crippen LogP contribution in [0.2, 0.25) is 0 Å². The summed E-state index contributed by atoms with van der Waals surface area (Å²) in [5.74, 6) is -0.158. The Hall–Kier alpha value is -2.41. The molecule has 0 amide bonds. The molecule has 1 aliphatic heterocycles. The van der Waals surface area contributed by atoms with Crippen molar-refractivity contribution < 1.29 is 19.4 Å². The highest BCUT2D eigenvalue weighted by Gasteiger charge is 2.27. The Balaban J connectivity index is 1.58. The molecule has 0 radical (unpaired) electrons. The van der Waals surface area contributed by atoms with Crippen molar-refractivity contribution in [3.05, 3.63) is 24.7 Å². The third-order valence-corrected chi connectivity index (χ3v) is 5.27. The first-order valence-corrected chi connectivity index (χ1v) is 9.16. The minimum atomic E-state index is -0.698. The second kappa shape index (κ2) is 7.45. The molecular formula is C19H23N3O4. The van der Waals surface area contributed by atoms with Crippen LogP contribution in [0.1, 0.15) is 25.7 Å². The van der Waals surface area contributed by atoms with E-state index in [1.54, 1.807) is 12.5 Å². The maximum Gasteiger partial charge on any atom is 0.306 e. The summed E-state index contributed by atoms with van der Waals surface area (Å²) in [7, 11) is 0. The average Bonchev–Trinajstić information content (AvgIpc) is 2.69. The second-order valence-corrected chi connectivity index (χ2v) is 6.93. The fourth-order valence-corrected chi connectivity index (χ4v) is 3.75. The molecule has 2 heterocycles. The molecule has 138 valence electrons. The lowest BCUT2D eigenvalue weighted by Gasteiger charge is -2.30. The van der Waals surface area contributed by atoms with Crippen LogP contribution in [-0.4, -0.2) is 53.5 Å². The number of hydrogen-bond acceptors (Lipinski definition) is 6. The van der Waals surface area contributed by atoms with E-state index in [-0.39, 0.29) is 12.0 Å². The number of carboxylic acid groups (broad SMARTS) is 1. The van der Waals surface area contributed by atoms with Crippen molar-refractivity contribution in [2.24, 2.45) is 5.92 Å². The fraction of sp³-hybridized carbons (Fsp3) is 0.526. The number of benzene rings is 1. The molecule has 1 aromatic carbocycles. The Morgan fingerprint density at radius 2 is 1.96 bits per heavy atom. The van der Waals surface area contributed by atoms with E-state index >= 15 is 0 Å². The lowest BCUT2D eigenvalue weighted by Crippen LogP contribution is -2.36. The fourth-order valence-electron chi connectivity index (χ4n) is 3.75. The van der Waals surface area contributed by atoms with E-state index in [1.807, 2.05) is 0 Å². The van der Waals surface area contributed by atoms with Gasteiger partial charge in [-0.3, -0.25) is 4.79 Å². The van der Waals surface area contributed by atoms with Gasteiger partial charge in [0.1, 0.15) is 12.1 Å². The molecule has 1 aliphatic carbocycles. The number of fused-ring (bicyclic) bond motifs is 1. The smallest absolute Gasteiger partial charge is 0.306 e. The molecule has 1 saturated carbocycles. The van der Waals surface area contributed by atoms with Crippen molar-refractivity contribution in [3.63, 3.8) is 0 Å². The third kappa shape index (κ3) is 3.58. The molecule has 0 atom stereocenters. The highest BCUT2D eigenvalue weighted by atomic mass is 16.5. The van der Waals surface area contributed by atoms with Crippen molar-refractivity contribution in [1.29, 1.82) is 0 Å². The Morgan fingerprint density at radius 1 is 1.19 bits per heavy atom. The van der Waals surface area contributed by atoms with E-state index < -0.39 is 5.97 Å². The zero-order valence-electron chi connectivity index (χ0n) is 14.6. The third-order valence-electron chi connectivity index (χ3n) is 5.27. The Labute approximate surface area is 151 Å². The molecule has 4 rings (SSSR count). The summed E-state index contributed by atoms with van der Waals surface area (Å²) in [6.07, 6.45) is 6.21. The van der Waals surface area contributed by atoms with E-state index in [9.17, 15) is 4.79 Å². The summed E-state index contributed by atoms with van der Waals surface area (Å²) in [6.45, 7) is 3.13. The Morgan fingerprint density at radius 3 is 2.69 bits per heavy atom. The van der Waals surface area contributed by atoms with Gasteiger partial charge < -0.3 is 19.5 Å². The van der Waals surface area contributed by atoms with Crippen molar-refractivity contribution in [2.45, 2.75) is 31.8 Å². The highest BCUT2D eigenvalue weighted by Crippen LogP contribution is 2.34. The minimum absolute atomic E-state index is 0.0361. The van der Waals surface area contributed by atoms with Crippen LogP contribution < -0.4 is 9.64 Å². The predicted molar refractivity (Wildman–Crippen MR) is 96.6 cm³/mol. The topological polar surface area (TPSA) is 84.8 Å². The van der Waals surface area contributed by atoms with Crippen LogP contribution in [0.3, 0.4) is 0 Å². The first kappa shape index (κ1) is 17.0. The zero-order valence-corrected chi connectivity index (χ0v) is 14.6. The van der Waals surface area contributed by atoms with Gasteiger partial charge in [-0.2, -0.15) is 0 Å². The summed E-state index contributed by atoms with van der Waals surface area (Å²) in [5, 5.41) is 10.1. The molecule has 2 fully saturated rings. The molecule has 1 saturated heterocycles. The van der Waals surface area contributed by atoms with Gasteiger partial charge in [-0.05, 0) is 31.7 Å².